The number of nitrogens with two attached hydrogens (primary N) is 1. The van der Waals surface area contributed by atoms with Crippen LogP contribution in [0.3, 0.4) is 0 Å². The molecular formula is C21H26N2O3S. The third-order valence-corrected chi connectivity index (χ3v) is 5.59. The van der Waals surface area contributed by atoms with Crippen molar-refractivity contribution < 1.29 is 13.2 Å². The molecule has 6 heteroatoms. The van der Waals surface area contributed by atoms with Crippen LogP contribution in [-0.2, 0) is 15.8 Å². The predicted molar refractivity (Wildman–Crippen MR) is 110 cm³/mol. The second-order valence-electron chi connectivity index (χ2n) is 6.68. The SMILES string of the molecule is C=CCC1Oc2cccc(N(CC)CC)c2-c2ccc(CS(N)(=O)=O)cc21. The van der Waals surface area contributed by atoms with Crippen LogP contribution in [0.5, 0.6) is 5.75 Å². The molecule has 3 rings (SSSR count). The normalized spacial score (nSPS) is 15.4. The van der Waals surface area contributed by atoms with Gasteiger partial charge in [0.25, 0.3) is 0 Å². The van der Waals surface area contributed by atoms with E-state index in [0.29, 0.717) is 12.0 Å². The van der Waals surface area contributed by atoms with Gasteiger partial charge in [-0.15, -0.1) is 6.58 Å². The van der Waals surface area contributed by atoms with Crippen molar-refractivity contribution in [2.45, 2.75) is 32.1 Å². The summed E-state index contributed by atoms with van der Waals surface area (Å²) in [7, 11) is -3.59. The average molecular weight is 387 g/mol. The smallest absolute Gasteiger partial charge is 0.213 e. The van der Waals surface area contributed by atoms with E-state index in [0.717, 1.165) is 41.2 Å². The molecule has 1 heterocycles. The Bertz CT molecular complexity index is 950. The lowest BCUT2D eigenvalue weighted by molar-refractivity contribution is 0.206. The lowest BCUT2D eigenvalue weighted by Crippen LogP contribution is -2.24. The molecule has 144 valence electrons. The Morgan fingerprint density at radius 1 is 1.22 bits per heavy atom. The van der Waals surface area contributed by atoms with Crippen molar-refractivity contribution in [3.63, 3.8) is 0 Å². The topological polar surface area (TPSA) is 72.6 Å². The molecule has 27 heavy (non-hydrogen) atoms. The summed E-state index contributed by atoms with van der Waals surface area (Å²) < 4.78 is 29.3. The van der Waals surface area contributed by atoms with E-state index in [-0.39, 0.29) is 11.9 Å². The molecule has 0 saturated heterocycles. The first kappa shape index (κ1) is 19.5. The van der Waals surface area contributed by atoms with Gasteiger partial charge in [-0.05, 0) is 37.1 Å². The molecular weight excluding hydrogens is 360 g/mol. The molecule has 0 aromatic heterocycles. The minimum atomic E-state index is -3.59. The molecule has 1 aliphatic heterocycles. The molecule has 2 aromatic carbocycles. The highest BCUT2D eigenvalue weighted by molar-refractivity contribution is 7.88. The van der Waals surface area contributed by atoms with Crippen molar-refractivity contribution in [3.05, 3.63) is 60.2 Å². The lowest BCUT2D eigenvalue weighted by atomic mass is 9.89. The van der Waals surface area contributed by atoms with Crippen LogP contribution in [0.2, 0.25) is 0 Å². The first-order valence-electron chi connectivity index (χ1n) is 9.17. The van der Waals surface area contributed by atoms with Gasteiger partial charge in [-0.1, -0.05) is 30.3 Å². The highest BCUT2D eigenvalue weighted by Crippen LogP contribution is 2.48. The summed E-state index contributed by atoms with van der Waals surface area (Å²) >= 11 is 0. The Morgan fingerprint density at radius 2 is 1.96 bits per heavy atom. The standard InChI is InChI=1S/C21H26N2O3S/c1-4-8-19-17-13-15(14-27(22,24)25)11-12-16(17)21-18(23(5-2)6-3)9-7-10-20(21)26-19/h4,7,9-13,19H,1,5-6,8,14H2,2-3H3,(H2,22,24,25). The minimum Gasteiger partial charge on any atom is -0.485 e. The van der Waals surface area contributed by atoms with Gasteiger partial charge in [-0.3, -0.25) is 0 Å². The maximum absolute atomic E-state index is 11.5. The number of nitrogens with zero attached hydrogens (tertiary/aromatic N) is 1. The largest absolute Gasteiger partial charge is 0.485 e. The zero-order valence-corrected chi connectivity index (χ0v) is 16.6. The van der Waals surface area contributed by atoms with Gasteiger partial charge in [0.15, 0.2) is 0 Å². The van der Waals surface area contributed by atoms with E-state index in [1.165, 1.54) is 0 Å². The molecule has 0 amide bonds. The summed E-state index contributed by atoms with van der Waals surface area (Å²) in [5.74, 6) is 0.656. The number of primary sulfonamides is 1. The summed E-state index contributed by atoms with van der Waals surface area (Å²) in [5.41, 5.74) is 4.89. The first-order valence-corrected chi connectivity index (χ1v) is 10.9. The van der Waals surface area contributed by atoms with Gasteiger partial charge in [-0.25, -0.2) is 13.6 Å². The molecule has 1 unspecified atom stereocenters. The van der Waals surface area contributed by atoms with Crippen LogP contribution < -0.4 is 14.8 Å². The zero-order chi connectivity index (χ0) is 19.6. The minimum absolute atomic E-state index is 0.189. The number of anilines is 1. The number of ether oxygens (including phenoxy) is 1. The number of hydrogen-bond donors (Lipinski definition) is 1. The van der Waals surface area contributed by atoms with Crippen LogP contribution >= 0.6 is 0 Å². The Morgan fingerprint density at radius 3 is 2.59 bits per heavy atom. The van der Waals surface area contributed by atoms with Crippen LogP contribution in [0.4, 0.5) is 5.69 Å². The second kappa shape index (κ2) is 7.74. The highest BCUT2D eigenvalue weighted by atomic mass is 32.2. The molecule has 2 aromatic rings. The maximum Gasteiger partial charge on any atom is 0.213 e. The van der Waals surface area contributed by atoms with Gasteiger partial charge in [0.1, 0.15) is 11.9 Å². The summed E-state index contributed by atoms with van der Waals surface area (Å²) in [5, 5.41) is 5.23. The zero-order valence-electron chi connectivity index (χ0n) is 15.8. The van der Waals surface area contributed by atoms with Gasteiger partial charge < -0.3 is 9.64 Å². The Labute approximate surface area is 161 Å². The van der Waals surface area contributed by atoms with E-state index < -0.39 is 10.0 Å². The van der Waals surface area contributed by atoms with Crippen molar-refractivity contribution >= 4 is 15.7 Å². The second-order valence-corrected chi connectivity index (χ2v) is 8.30. The predicted octanol–water partition coefficient (Wildman–Crippen LogP) is 4.00. The van der Waals surface area contributed by atoms with E-state index >= 15 is 0 Å². The molecule has 2 N–H and O–H groups in total. The van der Waals surface area contributed by atoms with Gasteiger partial charge in [0, 0.05) is 36.3 Å². The van der Waals surface area contributed by atoms with E-state index in [1.807, 2.05) is 36.4 Å². The fourth-order valence-electron chi connectivity index (χ4n) is 3.69. The quantitative estimate of drug-likeness (QED) is 0.730. The third kappa shape index (κ3) is 4.01. The molecule has 0 saturated carbocycles. The monoisotopic (exact) mass is 386 g/mol. The molecule has 0 spiro atoms. The number of rotatable bonds is 7. The average Bonchev–Trinajstić information content (AvgIpc) is 2.62. The number of hydrogen-bond acceptors (Lipinski definition) is 4. The maximum atomic E-state index is 11.5. The lowest BCUT2D eigenvalue weighted by Gasteiger charge is -2.33. The first-order chi connectivity index (χ1) is 12.9. The summed E-state index contributed by atoms with van der Waals surface area (Å²) in [6.45, 7) is 9.87. The molecule has 0 bridgehead atoms. The Kier molecular flexibility index (Phi) is 5.58. The van der Waals surface area contributed by atoms with Crippen molar-refractivity contribution in [1.29, 1.82) is 0 Å². The summed E-state index contributed by atoms with van der Waals surface area (Å²) in [6, 6.07) is 11.8. The molecule has 0 fully saturated rings. The van der Waals surface area contributed by atoms with Crippen LogP contribution in [-0.4, -0.2) is 21.5 Å². The Balaban J connectivity index is 2.19. The highest BCUT2D eigenvalue weighted by Gasteiger charge is 2.28. The summed E-state index contributed by atoms with van der Waals surface area (Å²) in [4.78, 5) is 2.29. The molecule has 0 aliphatic carbocycles. The molecule has 1 aliphatic rings. The van der Waals surface area contributed by atoms with Gasteiger partial charge in [-0.2, -0.15) is 0 Å². The van der Waals surface area contributed by atoms with Crippen LogP contribution in [0.15, 0.2) is 49.1 Å². The molecule has 5 nitrogen and oxygen atoms in total. The van der Waals surface area contributed by atoms with Crippen LogP contribution in [0.25, 0.3) is 11.1 Å². The van der Waals surface area contributed by atoms with E-state index in [4.69, 9.17) is 9.88 Å². The van der Waals surface area contributed by atoms with Gasteiger partial charge in [0.05, 0.1) is 5.75 Å². The molecule has 0 radical (unpaired) electrons. The van der Waals surface area contributed by atoms with Crippen molar-refractivity contribution in [3.8, 4) is 16.9 Å². The van der Waals surface area contributed by atoms with Crippen molar-refractivity contribution in [1.82, 2.24) is 0 Å². The van der Waals surface area contributed by atoms with Gasteiger partial charge >= 0.3 is 0 Å². The van der Waals surface area contributed by atoms with E-state index in [9.17, 15) is 8.42 Å². The number of benzene rings is 2. The van der Waals surface area contributed by atoms with Crippen LogP contribution in [0.1, 0.15) is 37.5 Å². The van der Waals surface area contributed by atoms with Crippen molar-refractivity contribution in [2.75, 3.05) is 18.0 Å². The fourth-order valence-corrected chi connectivity index (χ4v) is 4.33. The number of fused-ring (bicyclic) bond motifs is 3. The molecule has 1 atom stereocenters. The van der Waals surface area contributed by atoms with Gasteiger partial charge in [0.2, 0.25) is 10.0 Å². The van der Waals surface area contributed by atoms with E-state index in [2.05, 4.69) is 31.4 Å². The summed E-state index contributed by atoms with van der Waals surface area (Å²) in [6.07, 6.45) is 2.26. The van der Waals surface area contributed by atoms with Crippen LogP contribution in [0, 0.1) is 0 Å². The van der Waals surface area contributed by atoms with Crippen molar-refractivity contribution in [2.24, 2.45) is 5.14 Å². The fraction of sp³-hybridized carbons (Fsp3) is 0.333. The third-order valence-electron chi connectivity index (χ3n) is 4.86. The van der Waals surface area contributed by atoms with E-state index in [1.54, 1.807) is 0 Å². The Hall–Kier alpha value is -2.31. The number of sulfonamides is 1.